The molecule has 0 N–H and O–H groups in total. The second-order valence-corrected chi connectivity index (χ2v) is 5.53. The van der Waals surface area contributed by atoms with Crippen LogP contribution in [0.1, 0.15) is 26.3 Å². The minimum atomic E-state index is 0.0228. The summed E-state index contributed by atoms with van der Waals surface area (Å²) in [6, 6.07) is 5.65. The molecule has 1 amide bonds. The molecule has 0 aromatic heterocycles. The molecular formula is C18H23NO3. The molecular weight excluding hydrogens is 278 g/mol. The molecule has 4 heteroatoms. The third kappa shape index (κ3) is 3.01. The molecule has 118 valence electrons. The predicted molar refractivity (Wildman–Crippen MR) is 86.8 cm³/mol. The van der Waals surface area contributed by atoms with Crippen molar-refractivity contribution in [3.05, 3.63) is 47.2 Å². The van der Waals surface area contributed by atoms with Gasteiger partial charge in [-0.15, -0.1) is 0 Å². The first-order valence-corrected chi connectivity index (χ1v) is 7.42. The van der Waals surface area contributed by atoms with Gasteiger partial charge in [-0.3, -0.25) is 4.79 Å². The van der Waals surface area contributed by atoms with E-state index in [1.807, 2.05) is 31.2 Å². The van der Waals surface area contributed by atoms with Crippen molar-refractivity contribution in [2.24, 2.45) is 5.92 Å². The van der Waals surface area contributed by atoms with Gasteiger partial charge < -0.3 is 14.4 Å². The lowest BCUT2D eigenvalue weighted by Gasteiger charge is -2.22. The number of hydrogen-bond acceptors (Lipinski definition) is 3. The number of nitrogens with zero attached hydrogens (tertiary/aromatic N) is 1. The summed E-state index contributed by atoms with van der Waals surface area (Å²) < 4.78 is 10.6. The molecule has 1 aromatic rings. The van der Waals surface area contributed by atoms with Gasteiger partial charge in [0.05, 0.1) is 20.8 Å². The highest BCUT2D eigenvalue weighted by atomic mass is 16.5. The van der Waals surface area contributed by atoms with E-state index in [-0.39, 0.29) is 5.91 Å². The summed E-state index contributed by atoms with van der Waals surface area (Å²) in [4.78, 5) is 14.1. The lowest BCUT2D eigenvalue weighted by atomic mass is 10.0. The number of amides is 1. The van der Waals surface area contributed by atoms with E-state index in [1.54, 1.807) is 25.2 Å². The fourth-order valence-electron chi connectivity index (χ4n) is 2.66. The molecule has 2 rings (SSSR count). The van der Waals surface area contributed by atoms with Crippen LogP contribution in [0.2, 0.25) is 0 Å². The van der Waals surface area contributed by atoms with E-state index in [1.165, 1.54) is 0 Å². The average Bonchev–Trinajstić information content (AvgIpc) is 2.84. The predicted octanol–water partition coefficient (Wildman–Crippen LogP) is 3.53. The smallest absolute Gasteiger partial charge is 0.251 e. The average molecular weight is 301 g/mol. The lowest BCUT2D eigenvalue weighted by molar-refractivity contribution is -0.123. The maximum absolute atomic E-state index is 12.3. The first-order chi connectivity index (χ1) is 10.5. The van der Waals surface area contributed by atoms with Gasteiger partial charge >= 0.3 is 0 Å². The summed E-state index contributed by atoms with van der Waals surface area (Å²) >= 11 is 0. The van der Waals surface area contributed by atoms with Crippen molar-refractivity contribution in [2.75, 3.05) is 14.2 Å². The van der Waals surface area contributed by atoms with Crippen molar-refractivity contribution in [1.82, 2.24) is 4.90 Å². The summed E-state index contributed by atoms with van der Waals surface area (Å²) in [5.41, 5.74) is 3.02. The van der Waals surface area contributed by atoms with Crippen LogP contribution in [0.4, 0.5) is 0 Å². The highest BCUT2D eigenvalue weighted by Gasteiger charge is 2.28. The maximum atomic E-state index is 12.3. The highest BCUT2D eigenvalue weighted by Crippen LogP contribution is 2.33. The Balaban J connectivity index is 2.30. The summed E-state index contributed by atoms with van der Waals surface area (Å²) in [6.45, 7) is 6.64. The van der Waals surface area contributed by atoms with E-state index >= 15 is 0 Å². The summed E-state index contributed by atoms with van der Waals surface area (Å²) in [5.74, 6) is 1.80. The number of rotatable bonds is 5. The van der Waals surface area contributed by atoms with Crippen LogP contribution in [0.15, 0.2) is 41.6 Å². The van der Waals surface area contributed by atoms with Gasteiger partial charge in [-0.1, -0.05) is 19.9 Å². The van der Waals surface area contributed by atoms with Crippen molar-refractivity contribution in [2.45, 2.75) is 27.3 Å². The second kappa shape index (κ2) is 6.69. The monoisotopic (exact) mass is 301 g/mol. The Bertz CT molecular complexity index is 629. The quantitative estimate of drug-likeness (QED) is 0.835. The molecule has 0 atom stereocenters. The minimum Gasteiger partial charge on any atom is -0.497 e. The molecule has 0 fully saturated rings. The highest BCUT2D eigenvalue weighted by molar-refractivity contribution is 5.95. The molecule has 0 saturated heterocycles. The molecule has 0 spiro atoms. The third-order valence-corrected chi connectivity index (χ3v) is 3.85. The van der Waals surface area contributed by atoms with Crippen LogP contribution in [-0.4, -0.2) is 25.0 Å². The van der Waals surface area contributed by atoms with Crippen LogP contribution >= 0.6 is 0 Å². The number of ether oxygens (including phenoxy) is 2. The Morgan fingerprint density at radius 1 is 1.23 bits per heavy atom. The number of carbonyl (C=O) groups excluding carboxylic acids is 1. The van der Waals surface area contributed by atoms with E-state index in [2.05, 4.69) is 13.8 Å². The number of carbonyl (C=O) groups is 1. The van der Waals surface area contributed by atoms with E-state index in [0.717, 1.165) is 28.3 Å². The zero-order chi connectivity index (χ0) is 16.3. The summed E-state index contributed by atoms with van der Waals surface area (Å²) in [6.07, 6.45) is 3.72. The summed E-state index contributed by atoms with van der Waals surface area (Å²) in [5, 5.41) is 0. The first kappa shape index (κ1) is 16.1. The Labute approximate surface area is 132 Å². The van der Waals surface area contributed by atoms with Crippen molar-refractivity contribution in [3.63, 3.8) is 0 Å². The lowest BCUT2D eigenvalue weighted by Crippen LogP contribution is -2.24. The van der Waals surface area contributed by atoms with Crippen molar-refractivity contribution >= 4 is 5.91 Å². The Kier molecular flexibility index (Phi) is 4.91. The molecule has 1 aliphatic heterocycles. The minimum absolute atomic E-state index is 0.0228. The van der Waals surface area contributed by atoms with E-state index < -0.39 is 0 Å². The van der Waals surface area contributed by atoms with Gasteiger partial charge in [-0.2, -0.15) is 0 Å². The first-order valence-electron chi connectivity index (χ1n) is 7.42. The summed E-state index contributed by atoms with van der Waals surface area (Å²) in [7, 11) is 3.24. The molecule has 0 bridgehead atoms. The largest absolute Gasteiger partial charge is 0.497 e. The fourth-order valence-corrected chi connectivity index (χ4v) is 2.66. The van der Waals surface area contributed by atoms with Gasteiger partial charge in [0.15, 0.2) is 0 Å². The molecule has 4 nitrogen and oxygen atoms in total. The molecule has 1 aromatic carbocycles. The standard InChI is InChI=1S/C18H23NO3/c1-6-16-15(12(2)3)10-18(20)19(16)11-13-7-8-14(21-4)9-17(13)22-5/h6-10,12H,11H2,1-5H3/b16-6+. The topological polar surface area (TPSA) is 38.8 Å². The van der Waals surface area contributed by atoms with Crippen molar-refractivity contribution in [1.29, 1.82) is 0 Å². The fraction of sp³-hybridized carbons (Fsp3) is 0.389. The van der Waals surface area contributed by atoms with Crippen LogP contribution in [0, 0.1) is 5.92 Å². The van der Waals surface area contributed by atoms with Crippen LogP contribution in [-0.2, 0) is 11.3 Å². The zero-order valence-corrected chi connectivity index (χ0v) is 13.8. The molecule has 0 saturated carbocycles. The van der Waals surface area contributed by atoms with Crippen LogP contribution in [0.5, 0.6) is 11.5 Å². The van der Waals surface area contributed by atoms with Gasteiger partial charge in [0.2, 0.25) is 0 Å². The molecule has 1 aliphatic rings. The van der Waals surface area contributed by atoms with Gasteiger partial charge in [0.1, 0.15) is 11.5 Å². The number of allylic oxidation sites excluding steroid dienone is 2. The van der Waals surface area contributed by atoms with Gasteiger partial charge in [-0.05, 0) is 30.5 Å². The normalized spacial score (nSPS) is 16.5. The van der Waals surface area contributed by atoms with Crippen molar-refractivity contribution < 1.29 is 14.3 Å². The van der Waals surface area contributed by atoms with Crippen LogP contribution < -0.4 is 9.47 Å². The van der Waals surface area contributed by atoms with Gasteiger partial charge in [0.25, 0.3) is 5.91 Å². The van der Waals surface area contributed by atoms with Crippen LogP contribution in [0.25, 0.3) is 0 Å². The van der Waals surface area contributed by atoms with E-state index in [0.29, 0.717) is 12.5 Å². The Morgan fingerprint density at radius 3 is 2.50 bits per heavy atom. The van der Waals surface area contributed by atoms with Crippen molar-refractivity contribution in [3.8, 4) is 11.5 Å². The van der Waals surface area contributed by atoms with E-state index in [9.17, 15) is 4.79 Å². The number of hydrogen-bond donors (Lipinski definition) is 0. The van der Waals surface area contributed by atoms with Gasteiger partial charge in [0, 0.05) is 23.4 Å². The number of methoxy groups -OCH3 is 2. The number of benzene rings is 1. The zero-order valence-electron chi connectivity index (χ0n) is 13.8. The maximum Gasteiger partial charge on any atom is 0.251 e. The van der Waals surface area contributed by atoms with Crippen LogP contribution in [0.3, 0.4) is 0 Å². The second-order valence-electron chi connectivity index (χ2n) is 5.53. The molecule has 0 radical (unpaired) electrons. The Hall–Kier alpha value is -2.23. The molecule has 22 heavy (non-hydrogen) atoms. The molecule has 0 unspecified atom stereocenters. The van der Waals surface area contributed by atoms with E-state index in [4.69, 9.17) is 9.47 Å². The SMILES string of the molecule is C/C=C1\C(C(C)C)=CC(=O)N1Cc1ccc(OC)cc1OC. The molecule has 0 aliphatic carbocycles. The third-order valence-electron chi connectivity index (χ3n) is 3.85. The molecule has 1 heterocycles. The van der Waals surface area contributed by atoms with Gasteiger partial charge in [-0.25, -0.2) is 0 Å². The Morgan fingerprint density at radius 2 is 1.95 bits per heavy atom.